The van der Waals surface area contributed by atoms with Gasteiger partial charge in [-0.15, -0.1) is 0 Å². The topological polar surface area (TPSA) is 56.1 Å². The number of rotatable bonds is 5. The first-order valence-electron chi connectivity index (χ1n) is 5.74. The Morgan fingerprint density at radius 2 is 2.32 bits per heavy atom. The molecule has 0 unspecified atom stereocenters. The van der Waals surface area contributed by atoms with Crippen molar-refractivity contribution < 1.29 is 13.9 Å². The van der Waals surface area contributed by atoms with Crippen molar-refractivity contribution in [3.05, 3.63) is 47.9 Å². The molecule has 0 radical (unpaired) electrons. The highest BCUT2D eigenvalue weighted by molar-refractivity contribution is 5.90. The monoisotopic (exact) mass is 263 g/mol. The van der Waals surface area contributed by atoms with Crippen molar-refractivity contribution in [2.45, 2.75) is 6.54 Å². The summed E-state index contributed by atoms with van der Waals surface area (Å²) in [6.07, 6.45) is 1.72. The Morgan fingerprint density at radius 3 is 3.05 bits per heavy atom. The first kappa shape index (κ1) is 13.2. The van der Waals surface area contributed by atoms with Crippen molar-refractivity contribution >= 4 is 11.7 Å². The van der Waals surface area contributed by atoms with Crippen LogP contribution in [0.1, 0.15) is 5.56 Å². The van der Waals surface area contributed by atoms with E-state index in [4.69, 9.17) is 4.74 Å². The SMILES string of the molecule is COCC(=O)Nc1ccn(Cc2cccc(F)c2)n1. The van der Waals surface area contributed by atoms with Crippen LogP contribution in [0.2, 0.25) is 0 Å². The molecule has 0 aliphatic heterocycles. The lowest BCUT2D eigenvalue weighted by atomic mass is 10.2. The molecule has 0 saturated carbocycles. The van der Waals surface area contributed by atoms with Gasteiger partial charge in [0.2, 0.25) is 0 Å². The molecule has 100 valence electrons. The van der Waals surface area contributed by atoms with E-state index in [1.165, 1.54) is 19.2 Å². The molecule has 1 N–H and O–H groups in total. The minimum absolute atomic E-state index is 0.0171. The van der Waals surface area contributed by atoms with Crippen LogP contribution in [0, 0.1) is 5.82 Å². The highest BCUT2D eigenvalue weighted by atomic mass is 19.1. The van der Waals surface area contributed by atoms with Crippen molar-refractivity contribution in [1.29, 1.82) is 0 Å². The van der Waals surface area contributed by atoms with Crippen LogP contribution in [0.5, 0.6) is 0 Å². The molecule has 5 nitrogen and oxygen atoms in total. The molecular formula is C13H14FN3O2. The van der Waals surface area contributed by atoms with Crippen molar-refractivity contribution in [3.63, 3.8) is 0 Å². The van der Waals surface area contributed by atoms with Gasteiger partial charge in [0.05, 0.1) is 6.54 Å². The Bertz CT molecular complexity index is 569. The highest BCUT2D eigenvalue weighted by Crippen LogP contribution is 2.08. The largest absolute Gasteiger partial charge is 0.375 e. The summed E-state index contributed by atoms with van der Waals surface area (Å²) in [5.74, 6) is -0.102. The highest BCUT2D eigenvalue weighted by Gasteiger charge is 2.05. The van der Waals surface area contributed by atoms with Gasteiger partial charge in [-0.25, -0.2) is 4.39 Å². The van der Waals surface area contributed by atoms with Gasteiger partial charge in [0.15, 0.2) is 5.82 Å². The third-order valence-corrected chi connectivity index (χ3v) is 2.42. The molecular weight excluding hydrogens is 249 g/mol. The number of benzene rings is 1. The smallest absolute Gasteiger partial charge is 0.251 e. The Kier molecular flexibility index (Phi) is 4.25. The lowest BCUT2D eigenvalue weighted by Crippen LogP contribution is -2.17. The lowest BCUT2D eigenvalue weighted by Gasteiger charge is -2.02. The van der Waals surface area contributed by atoms with Crippen LogP contribution >= 0.6 is 0 Å². The van der Waals surface area contributed by atoms with Crippen molar-refractivity contribution in [1.82, 2.24) is 9.78 Å². The van der Waals surface area contributed by atoms with E-state index in [1.807, 2.05) is 6.07 Å². The molecule has 2 rings (SSSR count). The minimum Gasteiger partial charge on any atom is -0.375 e. The maximum absolute atomic E-state index is 13.0. The molecule has 1 amide bonds. The summed E-state index contributed by atoms with van der Waals surface area (Å²) in [5.41, 5.74) is 0.804. The molecule has 0 bridgehead atoms. The van der Waals surface area contributed by atoms with E-state index in [0.29, 0.717) is 12.4 Å². The third kappa shape index (κ3) is 3.89. The van der Waals surface area contributed by atoms with E-state index < -0.39 is 0 Å². The predicted molar refractivity (Wildman–Crippen MR) is 68.2 cm³/mol. The number of aromatic nitrogens is 2. The van der Waals surface area contributed by atoms with Crippen LogP contribution in [-0.4, -0.2) is 29.4 Å². The molecule has 19 heavy (non-hydrogen) atoms. The summed E-state index contributed by atoms with van der Waals surface area (Å²) in [5, 5.41) is 6.75. The molecule has 0 aliphatic rings. The number of anilines is 1. The van der Waals surface area contributed by atoms with Gasteiger partial charge in [0.25, 0.3) is 5.91 Å². The van der Waals surface area contributed by atoms with Gasteiger partial charge in [0.1, 0.15) is 12.4 Å². The third-order valence-electron chi connectivity index (χ3n) is 2.42. The Labute approximate surface area is 110 Å². The standard InChI is InChI=1S/C13H14FN3O2/c1-19-9-13(18)15-12-5-6-17(16-12)8-10-3-2-4-11(14)7-10/h2-7H,8-9H2,1H3,(H,15,16,18). The second kappa shape index (κ2) is 6.10. The lowest BCUT2D eigenvalue weighted by molar-refractivity contribution is -0.119. The molecule has 0 aliphatic carbocycles. The van der Waals surface area contributed by atoms with E-state index in [1.54, 1.807) is 23.0 Å². The second-order valence-electron chi connectivity index (χ2n) is 4.01. The molecule has 6 heteroatoms. The zero-order chi connectivity index (χ0) is 13.7. The Hall–Kier alpha value is -2.21. The number of amides is 1. The van der Waals surface area contributed by atoms with Crippen molar-refractivity contribution in [3.8, 4) is 0 Å². The van der Waals surface area contributed by atoms with Gasteiger partial charge in [0, 0.05) is 19.4 Å². The molecule has 0 spiro atoms. The molecule has 0 atom stereocenters. The molecule has 2 aromatic rings. The zero-order valence-corrected chi connectivity index (χ0v) is 10.5. The van der Waals surface area contributed by atoms with Crippen LogP contribution in [0.15, 0.2) is 36.5 Å². The average Bonchev–Trinajstić information content (AvgIpc) is 2.76. The Morgan fingerprint density at radius 1 is 1.47 bits per heavy atom. The van der Waals surface area contributed by atoms with Crippen LogP contribution < -0.4 is 5.32 Å². The van der Waals surface area contributed by atoms with Gasteiger partial charge in [-0.3, -0.25) is 9.48 Å². The summed E-state index contributed by atoms with van der Waals surface area (Å²) in [7, 11) is 1.45. The van der Waals surface area contributed by atoms with Gasteiger partial charge in [-0.2, -0.15) is 5.10 Å². The van der Waals surface area contributed by atoms with E-state index in [9.17, 15) is 9.18 Å². The van der Waals surface area contributed by atoms with Gasteiger partial charge in [-0.1, -0.05) is 12.1 Å². The zero-order valence-electron chi connectivity index (χ0n) is 10.5. The predicted octanol–water partition coefficient (Wildman–Crippen LogP) is 1.66. The van der Waals surface area contributed by atoms with E-state index in [-0.39, 0.29) is 18.3 Å². The quantitative estimate of drug-likeness (QED) is 0.892. The first-order chi connectivity index (χ1) is 9.17. The molecule has 1 aromatic heterocycles. The minimum atomic E-state index is -0.279. The summed E-state index contributed by atoms with van der Waals surface area (Å²) >= 11 is 0. The fraction of sp³-hybridized carbons (Fsp3) is 0.231. The number of nitrogens with one attached hydrogen (secondary N) is 1. The normalized spacial score (nSPS) is 10.4. The number of methoxy groups -OCH3 is 1. The number of ether oxygens (including phenoxy) is 1. The van der Waals surface area contributed by atoms with Crippen LogP contribution in [0.4, 0.5) is 10.2 Å². The molecule has 0 saturated heterocycles. The average molecular weight is 263 g/mol. The van der Waals surface area contributed by atoms with E-state index in [0.717, 1.165) is 5.56 Å². The number of halogens is 1. The fourth-order valence-corrected chi connectivity index (χ4v) is 1.65. The van der Waals surface area contributed by atoms with Gasteiger partial charge >= 0.3 is 0 Å². The number of carbonyl (C=O) groups is 1. The number of carbonyl (C=O) groups excluding carboxylic acids is 1. The summed E-state index contributed by atoms with van der Waals surface area (Å²) in [4.78, 5) is 11.3. The molecule has 0 fully saturated rings. The summed E-state index contributed by atoms with van der Waals surface area (Å²) in [6.45, 7) is 0.425. The number of hydrogen-bond acceptors (Lipinski definition) is 3. The van der Waals surface area contributed by atoms with Crippen LogP contribution in [-0.2, 0) is 16.1 Å². The second-order valence-corrected chi connectivity index (χ2v) is 4.01. The van der Waals surface area contributed by atoms with Crippen molar-refractivity contribution in [2.75, 3.05) is 19.0 Å². The summed E-state index contributed by atoms with van der Waals surface area (Å²) in [6, 6.07) is 7.98. The maximum atomic E-state index is 13.0. The molecule has 1 heterocycles. The fourth-order valence-electron chi connectivity index (χ4n) is 1.65. The van der Waals surface area contributed by atoms with Crippen LogP contribution in [0.25, 0.3) is 0 Å². The molecule has 1 aromatic carbocycles. The number of hydrogen-bond donors (Lipinski definition) is 1. The van der Waals surface area contributed by atoms with E-state index >= 15 is 0 Å². The van der Waals surface area contributed by atoms with Gasteiger partial charge in [-0.05, 0) is 17.7 Å². The van der Waals surface area contributed by atoms with E-state index in [2.05, 4.69) is 10.4 Å². The number of nitrogens with zero attached hydrogens (tertiary/aromatic N) is 2. The van der Waals surface area contributed by atoms with Crippen molar-refractivity contribution in [2.24, 2.45) is 0 Å². The van der Waals surface area contributed by atoms with Gasteiger partial charge < -0.3 is 10.1 Å². The summed E-state index contributed by atoms with van der Waals surface area (Å²) < 4.78 is 19.4. The Balaban J connectivity index is 1.99. The van der Waals surface area contributed by atoms with Crippen LogP contribution in [0.3, 0.4) is 0 Å². The maximum Gasteiger partial charge on any atom is 0.251 e. The first-order valence-corrected chi connectivity index (χ1v) is 5.74.